The summed E-state index contributed by atoms with van der Waals surface area (Å²) < 4.78 is 2.36. The topological polar surface area (TPSA) is 41.3 Å². The van der Waals surface area contributed by atoms with Crippen LogP contribution in [0.4, 0.5) is 0 Å². The number of aliphatic hydroxyl groups is 1. The zero-order chi connectivity index (χ0) is 12.4. The van der Waals surface area contributed by atoms with E-state index in [0.29, 0.717) is 12.5 Å². The van der Waals surface area contributed by atoms with Gasteiger partial charge in [0.15, 0.2) is 0 Å². The van der Waals surface area contributed by atoms with Gasteiger partial charge in [-0.3, -0.25) is 4.90 Å². The molecule has 0 bridgehead atoms. The van der Waals surface area contributed by atoms with Gasteiger partial charge < -0.3 is 9.67 Å². The van der Waals surface area contributed by atoms with Crippen LogP contribution < -0.4 is 0 Å². The monoisotopic (exact) mass is 249 g/mol. The molecule has 1 aromatic heterocycles. The lowest BCUT2D eigenvalue weighted by atomic mass is 9.95. The lowest BCUT2D eigenvalue weighted by Crippen LogP contribution is -2.35. The molecule has 1 aromatic rings. The van der Waals surface area contributed by atoms with E-state index in [1.807, 2.05) is 12.5 Å². The molecule has 2 heterocycles. The van der Waals surface area contributed by atoms with E-state index in [0.717, 1.165) is 25.6 Å². The Balaban J connectivity index is 1.59. The predicted octanol–water partition coefficient (Wildman–Crippen LogP) is 1.81. The van der Waals surface area contributed by atoms with Crippen molar-refractivity contribution in [1.82, 2.24) is 14.5 Å². The van der Waals surface area contributed by atoms with Crippen LogP contribution in [-0.2, 0) is 6.54 Å². The van der Waals surface area contributed by atoms with Crippen LogP contribution in [-0.4, -0.2) is 39.3 Å². The number of aliphatic hydroxyl groups excluding tert-OH is 1. The fourth-order valence-electron chi connectivity index (χ4n) is 3.08. The Morgan fingerprint density at radius 3 is 3.00 bits per heavy atom. The molecule has 0 radical (unpaired) electrons. The summed E-state index contributed by atoms with van der Waals surface area (Å²) >= 11 is 0. The summed E-state index contributed by atoms with van der Waals surface area (Å²) in [5.41, 5.74) is 1.36. The smallest absolute Gasteiger partial charge is 0.0951 e. The summed E-state index contributed by atoms with van der Waals surface area (Å²) in [4.78, 5) is 6.83. The van der Waals surface area contributed by atoms with Crippen LogP contribution in [0.5, 0.6) is 0 Å². The Labute approximate surface area is 109 Å². The standard InChI is InChI=1S/C14H23N3O/c18-7-5-12-2-1-6-16(9-12)10-14-8-15-11-17(14)13-3-4-13/h8,11-13,18H,1-7,9-10H2. The summed E-state index contributed by atoms with van der Waals surface area (Å²) in [6, 6.07) is 0.723. The number of piperidine rings is 1. The Morgan fingerprint density at radius 1 is 1.33 bits per heavy atom. The van der Waals surface area contributed by atoms with Crippen LogP contribution in [0.3, 0.4) is 0 Å². The molecule has 2 aliphatic rings. The van der Waals surface area contributed by atoms with Gasteiger partial charge in [0.1, 0.15) is 0 Å². The average Bonchev–Trinajstić information content (AvgIpc) is 3.12. The highest BCUT2D eigenvalue weighted by molar-refractivity contribution is 5.03. The van der Waals surface area contributed by atoms with Crippen molar-refractivity contribution in [3.63, 3.8) is 0 Å². The maximum absolute atomic E-state index is 9.05. The third-order valence-electron chi connectivity index (χ3n) is 4.21. The van der Waals surface area contributed by atoms with Crippen molar-refractivity contribution >= 4 is 0 Å². The van der Waals surface area contributed by atoms with E-state index in [1.54, 1.807) is 0 Å². The molecule has 18 heavy (non-hydrogen) atoms. The van der Waals surface area contributed by atoms with Crippen LogP contribution in [0.25, 0.3) is 0 Å². The first-order chi connectivity index (χ1) is 8.86. The Bertz CT molecular complexity index is 384. The molecular formula is C14H23N3O. The summed E-state index contributed by atoms with van der Waals surface area (Å²) in [6.45, 7) is 3.69. The van der Waals surface area contributed by atoms with Crippen LogP contribution in [0.15, 0.2) is 12.5 Å². The van der Waals surface area contributed by atoms with Gasteiger partial charge in [-0.1, -0.05) is 0 Å². The zero-order valence-electron chi connectivity index (χ0n) is 11.0. The van der Waals surface area contributed by atoms with E-state index in [2.05, 4.69) is 14.5 Å². The minimum Gasteiger partial charge on any atom is -0.396 e. The number of aromatic nitrogens is 2. The van der Waals surface area contributed by atoms with E-state index in [1.165, 1.54) is 37.9 Å². The Hall–Kier alpha value is -0.870. The quantitative estimate of drug-likeness (QED) is 0.865. The third-order valence-corrected chi connectivity index (χ3v) is 4.21. The molecular weight excluding hydrogens is 226 g/mol. The Morgan fingerprint density at radius 2 is 2.22 bits per heavy atom. The first-order valence-corrected chi connectivity index (χ1v) is 7.20. The molecule has 1 saturated heterocycles. The van der Waals surface area contributed by atoms with Gasteiger partial charge in [-0.05, 0) is 44.6 Å². The fraction of sp³-hybridized carbons (Fsp3) is 0.786. The number of likely N-dealkylation sites (tertiary alicyclic amines) is 1. The van der Waals surface area contributed by atoms with Crippen molar-refractivity contribution in [3.05, 3.63) is 18.2 Å². The van der Waals surface area contributed by atoms with Gasteiger partial charge in [0.2, 0.25) is 0 Å². The normalized spacial score (nSPS) is 25.5. The lowest BCUT2D eigenvalue weighted by molar-refractivity contribution is 0.140. The number of rotatable bonds is 5. The highest BCUT2D eigenvalue weighted by Gasteiger charge is 2.26. The molecule has 4 nitrogen and oxygen atoms in total. The van der Waals surface area contributed by atoms with Gasteiger partial charge in [-0.15, -0.1) is 0 Å². The van der Waals surface area contributed by atoms with Gasteiger partial charge in [0.25, 0.3) is 0 Å². The zero-order valence-corrected chi connectivity index (χ0v) is 11.0. The molecule has 2 fully saturated rings. The number of hydrogen-bond acceptors (Lipinski definition) is 3. The van der Waals surface area contributed by atoms with Gasteiger partial charge >= 0.3 is 0 Å². The minimum absolute atomic E-state index is 0.332. The van der Waals surface area contributed by atoms with Crippen molar-refractivity contribution in [3.8, 4) is 0 Å². The summed E-state index contributed by atoms with van der Waals surface area (Å²) in [5.74, 6) is 0.682. The molecule has 1 aliphatic carbocycles. The molecule has 100 valence electrons. The maximum atomic E-state index is 9.05. The second-order valence-corrected chi connectivity index (χ2v) is 5.78. The fourth-order valence-corrected chi connectivity index (χ4v) is 3.08. The highest BCUT2D eigenvalue weighted by Crippen LogP contribution is 2.36. The number of nitrogens with zero attached hydrogens (tertiary/aromatic N) is 3. The molecule has 0 spiro atoms. The van der Waals surface area contributed by atoms with E-state index < -0.39 is 0 Å². The molecule has 1 saturated carbocycles. The summed E-state index contributed by atoms with van der Waals surface area (Å²) in [7, 11) is 0. The van der Waals surface area contributed by atoms with Crippen LogP contribution in [0, 0.1) is 5.92 Å². The molecule has 0 amide bonds. The van der Waals surface area contributed by atoms with Crippen LogP contribution in [0.1, 0.15) is 43.8 Å². The van der Waals surface area contributed by atoms with Crippen LogP contribution in [0.2, 0.25) is 0 Å². The molecule has 1 atom stereocenters. The SMILES string of the molecule is OCCC1CCCN(Cc2cncn2C2CC2)C1. The third kappa shape index (κ3) is 2.75. The molecule has 3 rings (SSSR count). The summed E-state index contributed by atoms with van der Waals surface area (Å²) in [6.07, 6.45) is 10.1. The first kappa shape index (κ1) is 12.2. The summed E-state index contributed by atoms with van der Waals surface area (Å²) in [5, 5.41) is 9.05. The maximum Gasteiger partial charge on any atom is 0.0951 e. The largest absolute Gasteiger partial charge is 0.396 e. The second-order valence-electron chi connectivity index (χ2n) is 5.78. The van der Waals surface area contributed by atoms with E-state index in [-0.39, 0.29) is 0 Å². The Kier molecular flexibility index (Phi) is 3.66. The first-order valence-electron chi connectivity index (χ1n) is 7.20. The van der Waals surface area contributed by atoms with E-state index in [9.17, 15) is 0 Å². The predicted molar refractivity (Wildman–Crippen MR) is 70.2 cm³/mol. The number of imidazole rings is 1. The molecule has 0 aromatic carbocycles. The van der Waals surface area contributed by atoms with Crippen molar-refractivity contribution < 1.29 is 5.11 Å². The van der Waals surface area contributed by atoms with Gasteiger partial charge in [-0.2, -0.15) is 0 Å². The second kappa shape index (κ2) is 5.41. The van der Waals surface area contributed by atoms with E-state index in [4.69, 9.17) is 5.11 Å². The van der Waals surface area contributed by atoms with Gasteiger partial charge in [0.05, 0.1) is 12.0 Å². The lowest BCUT2D eigenvalue weighted by Gasteiger charge is -2.32. The van der Waals surface area contributed by atoms with Gasteiger partial charge in [-0.25, -0.2) is 4.98 Å². The van der Waals surface area contributed by atoms with Crippen molar-refractivity contribution in [2.45, 2.75) is 44.7 Å². The average molecular weight is 249 g/mol. The van der Waals surface area contributed by atoms with Gasteiger partial charge in [0, 0.05) is 31.9 Å². The molecule has 1 aliphatic heterocycles. The van der Waals surface area contributed by atoms with Crippen LogP contribution >= 0.6 is 0 Å². The van der Waals surface area contributed by atoms with E-state index >= 15 is 0 Å². The number of hydrogen-bond donors (Lipinski definition) is 1. The van der Waals surface area contributed by atoms with Crippen molar-refractivity contribution in [1.29, 1.82) is 0 Å². The minimum atomic E-state index is 0.332. The van der Waals surface area contributed by atoms with Crippen molar-refractivity contribution in [2.24, 2.45) is 5.92 Å². The van der Waals surface area contributed by atoms with Crippen molar-refractivity contribution in [2.75, 3.05) is 19.7 Å². The molecule has 1 unspecified atom stereocenters. The molecule has 4 heteroatoms. The molecule has 1 N–H and O–H groups in total. The highest BCUT2D eigenvalue weighted by atomic mass is 16.3.